The van der Waals surface area contributed by atoms with Gasteiger partial charge in [0.15, 0.2) is 0 Å². The number of nitrogens with one attached hydrogen (secondary N) is 1. The summed E-state index contributed by atoms with van der Waals surface area (Å²) in [6.45, 7) is 5.63. The Morgan fingerprint density at radius 3 is 2.71 bits per heavy atom. The summed E-state index contributed by atoms with van der Waals surface area (Å²) in [7, 11) is 0. The molecule has 0 aromatic heterocycles. The molecule has 1 atom stereocenters. The number of benzene rings is 1. The van der Waals surface area contributed by atoms with Crippen molar-refractivity contribution in [1.29, 1.82) is 0 Å². The zero-order chi connectivity index (χ0) is 13.0. The maximum atomic E-state index is 13.3. The highest BCUT2D eigenvalue weighted by Crippen LogP contribution is 2.17. The topological polar surface area (TPSA) is 55.1 Å². The Morgan fingerprint density at radius 1 is 1.47 bits per heavy atom. The molecular formula is C13H19FN2O. The Morgan fingerprint density at radius 2 is 2.12 bits per heavy atom. The van der Waals surface area contributed by atoms with Crippen molar-refractivity contribution in [3.05, 3.63) is 29.6 Å². The van der Waals surface area contributed by atoms with E-state index in [2.05, 4.69) is 5.32 Å². The van der Waals surface area contributed by atoms with Crippen LogP contribution in [0.5, 0.6) is 0 Å². The molecule has 0 heterocycles. The molecule has 0 unspecified atom stereocenters. The van der Waals surface area contributed by atoms with Gasteiger partial charge in [0.05, 0.1) is 6.04 Å². The van der Waals surface area contributed by atoms with Crippen molar-refractivity contribution in [2.45, 2.75) is 33.2 Å². The summed E-state index contributed by atoms with van der Waals surface area (Å²) in [5.41, 5.74) is 6.66. The van der Waals surface area contributed by atoms with E-state index in [0.29, 0.717) is 23.6 Å². The van der Waals surface area contributed by atoms with E-state index in [0.717, 1.165) is 0 Å². The van der Waals surface area contributed by atoms with E-state index < -0.39 is 6.04 Å². The number of anilines is 1. The van der Waals surface area contributed by atoms with Crippen LogP contribution in [0.2, 0.25) is 0 Å². The monoisotopic (exact) mass is 238 g/mol. The first-order chi connectivity index (χ1) is 7.91. The molecule has 1 rings (SSSR count). The van der Waals surface area contributed by atoms with Crippen LogP contribution in [-0.4, -0.2) is 11.9 Å². The van der Waals surface area contributed by atoms with Gasteiger partial charge in [0, 0.05) is 11.3 Å². The SMILES string of the molecule is Cc1c(F)cccc1NC(=O)[C@@H](N)CC(C)C. The van der Waals surface area contributed by atoms with E-state index >= 15 is 0 Å². The lowest BCUT2D eigenvalue weighted by atomic mass is 10.0. The highest BCUT2D eigenvalue weighted by atomic mass is 19.1. The molecule has 0 aliphatic rings. The molecule has 1 aromatic rings. The van der Waals surface area contributed by atoms with Gasteiger partial charge in [0.2, 0.25) is 5.91 Å². The maximum absolute atomic E-state index is 13.3. The molecule has 0 saturated heterocycles. The van der Waals surface area contributed by atoms with Gasteiger partial charge >= 0.3 is 0 Å². The maximum Gasteiger partial charge on any atom is 0.241 e. The van der Waals surface area contributed by atoms with Crippen LogP contribution in [0.1, 0.15) is 25.8 Å². The predicted octanol–water partition coefficient (Wildman–Crippen LogP) is 2.45. The summed E-state index contributed by atoms with van der Waals surface area (Å²) < 4.78 is 13.3. The molecule has 0 fully saturated rings. The van der Waals surface area contributed by atoms with Crippen molar-refractivity contribution in [2.24, 2.45) is 11.7 Å². The second-order valence-corrected chi connectivity index (χ2v) is 4.64. The van der Waals surface area contributed by atoms with Crippen LogP contribution in [0.4, 0.5) is 10.1 Å². The lowest BCUT2D eigenvalue weighted by molar-refractivity contribution is -0.117. The molecule has 17 heavy (non-hydrogen) atoms. The van der Waals surface area contributed by atoms with E-state index in [9.17, 15) is 9.18 Å². The number of carbonyl (C=O) groups is 1. The second-order valence-electron chi connectivity index (χ2n) is 4.64. The van der Waals surface area contributed by atoms with Gasteiger partial charge in [-0.15, -0.1) is 0 Å². The normalized spacial score (nSPS) is 12.6. The lowest BCUT2D eigenvalue weighted by Gasteiger charge is -2.15. The predicted molar refractivity (Wildman–Crippen MR) is 67.2 cm³/mol. The number of nitrogens with two attached hydrogens (primary N) is 1. The van der Waals surface area contributed by atoms with Crippen LogP contribution in [-0.2, 0) is 4.79 Å². The van der Waals surface area contributed by atoms with Gasteiger partial charge < -0.3 is 11.1 Å². The van der Waals surface area contributed by atoms with Crippen molar-refractivity contribution < 1.29 is 9.18 Å². The molecule has 0 saturated carbocycles. The highest BCUT2D eigenvalue weighted by Gasteiger charge is 2.16. The summed E-state index contributed by atoms with van der Waals surface area (Å²) in [4.78, 5) is 11.8. The Bertz CT molecular complexity index is 404. The molecule has 0 radical (unpaired) electrons. The molecule has 3 nitrogen and oxygen atoms in total. The zero-order valence-corrected chi connectivity index (χ0v) is 10.5. The summed E-state index contributed by atoms with van der Waals surface area (Å²) in [6, 6.07) is 4.03. The largest absolute Gasteiger partial charge is 0.324 e. The number of amides is 1. The van der Waals surface area contributed by atoms with E-state index in [-0.39, 0.29) is 11.7 Å². The Balaban J connectivity index is 2.71. The Labute approximate surface area is 101 Å². The standard InChI is InChI=1S/C13H19FN2O/c1-8(2)7-11(15)13(17)16-12-6-4-5-10(14)9(12)3/h4-6,8,11H,7,15H2,1-3H3,(H,16,17)/t11-/m0/s1. The third-order valence-corrected chi connectivity index (χ3v) is 2.59. The number of carbonyl (C=O) groups excluding carboxylic acids is 1. The fraction of sp³-hybridized carbons (Fsp3) is 0.462. The van der Waals surface area contributed by atoms with E-state index in [4.69, 9.17) is 5.73 Å². The van der Waals surface area contributed by atoms with Gasteiger partial charge in [-0.1, -0.05) is 19.9 Å². The van der Waals surface area contributed by atoms with Crippen LogP contribution < -0.4 is 11.1 Å². The van der Waals surface area contributed by atoms with E-state index in [1.807, 2.05) is 13.8 Å². The van der Waals surface area contributed by atoms with Crippen LogP contribution in [0.15, 0.2) is 18.2 Å². The summed E-state index contributed by atoms with van der Waals surface area (Å²) in [5, 5.41) is 2.65. The molecule has 0 aliphatic carbocycles. The van der Waals surface area contributed by atoms with Crippen molar-refractivity contribution in [1.82, 2.24) is 0 Å². The van der Waals surface area contributed by atoms with E-state index in [1.54, 1.807) is 19.1 Å². The lowest BCUT2D eigenvalue weighted by Crippen LogP contribution is -2.36. The van der Waals surface area contributed by atoms with E-state index in [1.165, 1.54) is 6.07 Å². The third kappa shape index (κ3) is 3.82. The van der Waals surface area contributed by atoms with Crippen molar-refractivity contribution in [3.63, 3.8) is 0 Å². The molecular weight excluding hydrogens is 219 g/mol. The first-order valence-corrected chi connectivity index (χ1v) is 5.73. The Hall–Kier alpha value is -1.42. The first kappa shape index (κ1) is 13.6. The molecule has 4 heteroatoms. The molecule has 94 valence electrons. The quantitative estimate of drug-likeness (QED) is 0.846. The van der Waals surface area contributed by atoms with Gasteiger partial charge in [-0.2, -0.15) is 0 Å². The van der Waals surface area contributed by atoms with Gasteiger partial charge in [-0.25, -0.2) is 4.39 Å². The van der Waals surface area contributed by atoms with Crippen LogP contribution in [0.3, 0.4) is 0 Å². The third-order valence-electron chi connectivity index (χ3n) is 2.59. The average Bonchev–Trinajstić information content (AvgIpc) is 2.23. The fourth-order valence-corrected chi connectivity index (χ4v) is 1.58. The molecule has 1 aromatic carbocycles. The smallest absolute Gasteiger partial charge is 0.241 e. The molecule has 0 bridgehead atoms. The summed E-state index contributed by atoms with van der Waals surface area (Å²) >= 11 is 0. The number of rotatable bonds is 4. The average molecular weight is 238 g/mol. The van der Waals surface area contributed by atoms with Gasteiger partial charge in [0.1, 0.15) is 5.82 Å². The van der Waals surface area contributed by atoms with Crippen LogP contribution >= 0.6 is 0 Å². The minimum absolute atomic E-state index is 0.271. The van der Waals surface area contributed by atoms with Gasteiger partial charge in [0.25, 0.3) is 0 Å². The summed E-state index contributed by atoms with van der Waals surface area (Å²) in [5.74, 6) is -0.253. The van der Waals surface area contributed by atoms with Crippen LogP contribution in [0, 0.1) is 18.7 Å². The van der Waals surface area contributed by atoms with Crippen molar-refractivity contribution in [2.75, 3.05) is 5.32 Å². The number of hydrogen-bond acceptors (Lipinski definition) is 2. The molecule has 0 aliphatic heterocycles. The molecule has 0 spiro atoms. The first-order valence-electron chi connectivity index (χ1n) is 5.73. The highest BCUT2D eigenvalue weighted by molar-refractivity contribution is 5.95. The molecule has 1 amide bonds. The minimum Gasteiger partial charge on any atom is -0.324 e. The van der Waals surface area contributed by atoms with Crippen molar-refractivity contribution in [3.8, 4) is 0 Å². The van der Waals surface area contributed by atoms with Crippen molar-refractivity contribution >= 4 is 11.6 Å². The van der Waals surface area contributed by atoms with Gasteiger partial charge in [-0.05, 0) is 31.4 Å². The molecule has 3 N–H and O–H groups in total. The zero-order valence-electron chi connectivity index (χ0n) is 10.5. The summed E-state index contributed by atoms with van der Waals surface area (Å²) in [6.07, 6.45) is 0.611. The number of halogens is 1. The second kappa shape index (κ2) is 5.77. The minimum atomic E-state index is -0.558. The Kier molecular flexibility index (Phi) is 4.63. The number of hydrogen-bond donors (Lipinski definition) is 2. The fourth-order valence-electron chi connectivity index (χ4n) is 1.58. The van der Waals surface area contributed by atoms with Crippen LogP contribution in [0.25, 0.3) is 0 Å². The van der Waals surface area contributed by atoms with Gasteiger partial charge in [-0.3, -0.25) is 4.79 Å².